The van der Waals surface area contributed by atoms with E-state index in [1.165, 1.54) is 11.6 Å². The van der Waals surface area contributed by atoms with Gasteiger partial charge in [-0.2, -0.15) is 0 Å². The van der Waals surface area contributed by atoms with Gasteiger partial charge >= 0.3 is 0 Å². The second-order valence-corrected chi connectivity index (χ2v) is 6.43. The highest BCUT2D eigenvalue weighted by molar-refractivity contribution is 9.10. The molecule has 0 amide bonds. The molecule has 0 fully saturated rings. The van der Waals surface area contributed by atoms with Crippen molar-refractivity contribution in [2.75, 3.05) is 5.88 Å². The zero-order chi connectivity index (χ0) is 14.5. The van der Waals surface area contributed by atoms with Gasteiger partial charge in [0.05, 0.1) is 5.02 Å². The van der Waals surface area contributed by atoms with E-state index in [1.54, 1.807) is 12.1 Å². The maximum Gasteiger partial charge on any atom is 0.141 e. The van der Waals surface area contributed by atoms with Crippen molar-refractivity contribution < 1.29 is 4.39 Å². The van der Waals surface area contributed by atoms with Gasteiger partial charge in [-0.15, -0.1) is 11.6 Å². The van der Waals surface area contributed by atoms with Crippen LogP contribution in [0.1, 0.15) is 11.1 Å². The fraction of sp³-hybridized carbons (Fsp3) is 0.250. The number of alkyl halides is 1. The molecule has 2 rings (SSSR count). The van der Waals surface area contributed by atoms with Gasteiger partial charge in [-0.3, -0.25) is 0 Å². The van der Waals surface area contributed by atoms with E-state index in [2.05, 4.69) is 28.1 Å². The molecule has 1 atom stereocenters. The maximum atomic E-state index is 13.1. The van der Waals surface area contributed by atoms with Crippen molar-refractivity contribution >= 4 is 39.1 Å². The topological polar surface area (TPSA) is 0 Å². The fourth-order valence-corrected chi connectivity index (χ4v) is 2.82. The average Bonchev–Trinajstić information content (AvgIpc) is 2.44. The summed E-state index contributed by atoms with van der Waals surface area (Å²) in [6.45, 7) is 0. The van der Waals surface area contributed by atoms with E-state index in [0.29, 0.717) is 11.8 Å². The van der Waals surface area contributed by atoms with Crippen LogP contribution < -0.4 is 0 Å². The molecule has 0 aromatic heterocycles. The molecule has 20 heavy (non-hydrogen) atoms. The summed E-state index contributed by atoms with van der Waals surface area (Å²) in [5.74, 6) is 0.482. The highest BCUT2D eigenvalue weighted by Crippen LogP contribution is 2.21. The summed E-state index contributed by atoms with van der Waals surface area (Å²) < 4.78 is 14.2. The summed E-state index contributed by atoms with van der Waals surface area (Å²) >= 11 is 15.3. The smallest absolute Gasteiger partial charge is 0.141 e. The summed E-state index contributed by atoms with van der Waals surface area (Å²) in [7, 11) is 0. The largest absolute Gasteiger partial charge is 0.205 e. The summed E-state index contributed by atoms with van der Waals surface area (Å²) in [5, 5.41) is 0.166. The van der Waals surface area contributed by atoms with Gasteiger partial charge in [0.2, 0.25) is 0 Å². The quantitative estimate of drug-likeness (QED) is 0.572. The second-order valence-electron chi connectivity index (χ2n) is 4.80. The lowest BCUT2D eigenvalue weighted by Gasteiger charge is -2.14. The highest BCUT2D eigenvalue weighted by atomic mass is 79.9. The third-order valence-electron chi connectivity index (χ3n) is 3.16. The molecule has 2 aromatic carbocycles. The maximum absolute atomic E-state index is 13.1. The SMILES string of the molecule is Fc1ccc(CC(CCl)Cc2ccc(Br)cc2)cc1Cl. The van der Waals surface area contributed by atoms with Crippen LogP contribution in [0.5, 0.6) is 0 Å². The molecule has 106 valence electrons. The Balaban J connectivity index is 2.04. The van der Waals surface area contributed by atoms with Crippen LogP contribution in [0.4, 0.5) is 4.39 Å². The Morgan fingerprint density at radius 3 is 2.20 bits per heavy atom. The minimum atomic E-state index is -0.384. The van der Waals surface area contributed by atoms with E-state index >= 15 is 0 Å². The first-order valence-corrected chi connectivity index (χ1v) is 8.03. The third kappa shape index (κ3) is 4.47. The number of benzene rings is 2. The third-order valence-corrected chi connectivity index (χ3v) is 4.42. The van der Waals surface area contributed by atoms with Crippen molar-refractivity contribution in [3.8, 4) is 0 Å². The Labute approximate surface area is 137 Å². The number of hydrogen-bond donors (Lipinski definition) is 0. The first-order valence-electron chi connectivity index (χ1n) is 6.33. The molecule has 1 unspecified atom stereocenters. The lowest BCUT2D eigenvalue weighted by Crippen LogP contribution is -2.10. The predicted molar refractivity (Wildman–Crippen MR) is 87.2 cm³/mol. The molecule has 0 nitrogen and oxygen atoms in total. The van der Waals surface area contributed by atoms with Crippen LogP contribution in [-0.2, 0) is 12.8 Å². The molecule has 2 aromatic rings. The molecule has 0 aliphatic carbocycles. The van der Waals surface area contributed by atoms with Gasteiger partial charge in [0.1, 0.15) is 5.82 Å². The zero-order valence-corrected chi connectivity index (χ0v) is 13.8. The summed E-state index contributed by atoms with van der Waals surface area (Å²) in [6.07, 6.45) is 1.69. The van der Waals surface area contributed by atoms with E-state index in [9.17, 15) is 4.39 Å². The van der Waals surface area contributed by atoms with Crippen molar-refractivity contribution in [3.05, 3.63) is 68.9 Å². The van der Waals surface area contributed by atoms with Gasteiger partial charge < -0.3 is 0 Å². The molecule has 0 heterocycles. The molecule has 0 saturated heterocycles. The zero-order valence-electron chi connectivity index (χ0n) is 10.8. The molecular formula is C16H14BrCl2F. The Bertz CT molecular complexity index is 569. The Hall–Kier alpha value is -0.570. The number of rotatable bonds is 5. The standard InChI is InChI=1S/C16H14BrCl2F/c17-14-4-1-11(2-5-14)7-13(10-18)8-12-3-6-16(20)15(19)9-12/h1-6,9,13H,7-8,10H2. The lowest BCUT2D eigenvalue weighted by atomic mass is 9.94. The number of halogens is 4. The molecule has 0 aliphatic heterocycles. The van der Waals surface area contributed by atoms with Crippen LogP contribution in [0.15, 0.2) is 46.9 Å². The van der Waals surface area contributed by atoms with Crippen molar-refractivity contribution in [2.24, 2.45) is 5.92 Å². The molecule has 0 radical (unpaired) electrons. The first kappa shape index (κ1) is 15.8. The summed E-state index contributed by atoms with van der Waals surface area (Å²) in [5.41, 5.74) is 2.26. The Kier molecular flexibility index (Phi) is 5.88. The van der Waals surface area contributed by atoms with E-state index in [0.717, 1.165) is 22.9 Å². The Morgan fingerprint density at radius 2 is 1.60 bits per heavy atom. The van der Waals surface area contributed by atoms with Crippen LogP contribution in [0, 0.1) is 11.7 Å². The van der Waals surface area contributed by atoms with Crippen LogP contribution in [0.2, 0.25) is 5.02 Å². The molecule has 0 bridgehead atoms. The Morgan fingerprint density at radius 1 is 1.00 bits per heavy atom. The van der Waals surface area contributed by atoms with E-state index in [1.807, 2.05) is 12.1 Å². The highest BCUT2D eigenvalue weighted by Gasteiger charge is 2.11. The lowest BCUT2D eigenvalue weighted by molar-refractivity contribution is 0.581. The molecule has 0 N–H and O–H groups in total. The van der Waals surface area contributed by atoms with Crippen LogP contribution in [0.3, 0.4) is 0 Å². The van der Waals surface area contributed by atoms with Crippen molar-refractivity contribution in [1.29, 1.82) is 0 Å². The van der Waals surface area contributed by atoms with Crippen molar-refractivity contribution in [2.45, 2.75) is 12.8 Å². The summed E-state index contributed by atoms with van der Waals surface area (Å²) in [6, 6.07) is 13.1. The van der Waals surface area contributed by atoms with Gasteiger partial charge in [0.15, 0.2) is 0 Å². The van der Waals surface area contributed by atoms with Crippen LogP contribution in [-0.4, -0.2) is 5.88 Å². The van der Waals surface area contributed by atoms with E-state index in [-0.39, 0.29) is 10.8 Å². The number of hydrogen-bond acceptors (Lipinski definition) is 0. The summed E-state index contributed by atoms with van der Waals surface area (Å²) in [4.78, 5) is 0. The molecular weight excluding hydrogens is 362 g/mol. The van der Waals surface area contributed by atoms with Gasteiger partial charge in [0.25, 0.3) is 0 Å². The minimum absolute atomic E-state index is 0.166. The molecule has 4 heteroatoms. The molecule has 0 aliphatic rings. The van der Waals surface area contributed by atoms with Crippen LogP contribution >= 0.6 is 39.1 Å². The normalized spacial score (nSPS) is 12.4. The average molecular weight is 376 g/mol. The van der Waals surface area contributed by atoms with E-state index < -0.39 is 0 Å². The van der Waals surface area contributed by atoms with E-state index in [4.69, 9.17) is 23.2 Å². The first-order chi connectivity index (χ1) is 9.58. The van der Waals surface area contributed by atoms with Crippen molar-refractivity contribution in [3.63, 3.8) is 0 Å². The fourth-order valence-electron chi connectivity index (χ4n) is 2.14. The minimum Gasteiger partial charge on any atom is -0.205 e. The molecule has 0 saturated carbocycles. The molecule has 0 spiro atoms. The van der Waals surface area contributed by atoms with Crippen molar-refractivity contribution in [1.82, 2.24) is 0 Å². The second kappa shape index (κ2) is 7.44. The van der Waals surface area contributed by atoms with Crippen LogP contribution in [0.25, 0.3) is 0 Å². The van der Waals surface area contributed by atoms with Gasteiger partial charge in [0, 0.05) is 10.4 Å². The van der Waals surface area contributed by atoms with Gasteiger partial charge in [-0.05, 0) is 54.2 Å². The van der Waals surface area contributed by atoms with Gasteiger partial charge in [-0.25, -0.2) is 4.39 Å². The predicted octanol–water partition coefficient (Wildman–Crippen LogP) is 5.88. The van der Waals surface area contributed by atoms with Gasteiger partial charge in [-0.1, -0.05) is 45.7 Å². The monoisotopic (exact) mass is 374 g/mol.